The minimum absolute atomic E-state index is 0.0789. The normalized spacial score (nSPS) is 16.4. The smallest absolute Gasteiger partial charge is 0.252 e. The lowest BCUT2D eigenvalue weighted by atomic mass is 10.1. The molecule has 3 rings (SSSR count). The monoisotopic (exact) mass is 378 g/mol. The number of aliphatic imine (C=N–C) groups is 2. The van der Waals surface area contributed by atoms with Crippen molar-refractivity contribution < 1.29 is 9.59 Å². The van der Waals surface area contributed by atoms with Crippen molar-refractivity contribution in [3.05, 3.63) is 59.7 Å². The molecule has 1 atom stereocenters. The number of guanidine groups is 2. The molecule has 0 fully saturated rings. The Labute approximate surface area is 163 Å². The van der Waals surface area contributed by atoms with Crippen LogP contribution in [0.5, 0.6) is 0 Å². The lowest BCUT2D eigenvalue weighted by molar-refractivity contribution is -0.123. The minimum Gasteiger partial charge on any atom is -0.369 e. The molecule has 1 unspecified atom stereocenters. The van der Waals surface area contributed by atoms with Crippen LogP contribution in [-0.4, -0.2) is 29.8 Å². The molecule has 144 valence electrons. The van der Waals surface area contributed by atoms with Crippen LogP contribution in [0.15, 0.2) is 58.5 Å². The summed E-state index contributed by atoms with van der Waals surface area (Å²) in [6.07, 6.45) is -0.0789. The molecule has 0 spiro atoms. The van der Waals surface area contributed by atoms with Crippen molar-refractivity contribution in [2.45, 2.75) is 26.3 Å². The Hall–Kier alpha value is -3.68. The van der Waals surface area contributed by atoms with E-state index in [4.69, 9.17) is 5.73 Å². The molecule has 5 N–H and O–H groups in total. The molecule has 0 saturated heterocycles. The zero-order valence-corrected chi connectivity index (χ0v) is 15.7. The number of amides is 2. The van der Waals surface area contributed by atoms with Gasteiger partial charge in [0.2, 0.25) is 17.8 Å². The number of para-hydroxylation sites is 1. The van der Waals surface area contributed by atoms with Crippen LogP contribution < -0.4 is 21.7 Å². The number of benzene rings is 2. The highest BCUT2D eigenvalue weighted by molar-refractivity contribution is 6.11. The largest absolute Gasteiger partial charge is 0.369 e. The van der Waals surface area contributed by atoms with E-state index in [0.29, 0.717) is 5.69 Å². The number of carbonyl (C=O) groups is 2. The van der Waals surface area contributed by atoms with Crippen molar-refractivity contribution >= 4 is 35.1 Å². The molecule has 0 saturated carbocycles. The van der Waals surface area contributed by atoms with Crippen molar-refractivity contribution in [3.63, 3.8) is 0 Å². The van der Waals surface area contributed by atoms with Crippen LogP contribution in [0.1, 0.15) is 17.5 Å². The second-order valence-electron chi connectivity index (χ2n) is 6.51. The highest BCUT2D eigenvalue weighted by Gasteiger charge is 2.28. The molecule has 28 heavy (non-hydrogen) atoms. The first-order chi connectivity index (χ1) is 13.4. The van der Waals surface area contributed by atoms with Gasteiger partial charge >= 0.3 is 0 Å². The Kier molecular flexibility index (Phi) is 5.69. The maximum atomic E-state index is 12.2. The van der Waals surface area contributed by atoms with E-state index in [0.717, 1.165) is 16.8 Å². The Morgan fingerprint density at radius 2 is 1.86 bits per heavy atom. The zero-order chi connectivity index (χ0) is 20.1. The second-order valence-corrected chi connectivity index (χ2v) is 6.51. The first-order valence-corrected chi connectivity index (χ1v) is 8.83. The average molecular weight is 378 g/mol. The van der Waals surface area contributed by atoms with E-state index in [9.17, 15) is 9.59 Å². The number of carbonyl (C=O) groups excluding carboxylic acids is 2. The number of nitrogens with one attached hydrogen (secondary N) is 3. The van der Waals surface area contributed by atoms with Gasteiger partial charge in [-0.1, -0.05) is 35.9 Å². The minimum atomic E-state index is -0.838. The molecule has 0 aliphatic carbocycles. The average Bonchev–Trinajstić information content (AvgIpc) is 2.97. The summed E-state index contributed by atoms with van der Waals surface area (Å²) in [5.74, 6) is -0.514. The van der Waals surface area contributed by atoms with Gasteiger partial charge in [-0.05, 0) is 37.6 Å². The molecule has 2 aromatic rings. The van der Waals surface area contributed by atoms with Gasteiger partial charge in [0.05, 0.1) is 6.42 Å². The molecular formula is C20H22N6O2. The van der Waals surface area contributed by atoms with Gasteiger partial charge in [-0.2, -0.15) is 4.99 Å². The van der Waals surface area contributed by atoms with Crippen LogP contribution in [0.2, 0.25) is 0 Å². The fourth-order valence-corrected chi connectivity index (χ4v) is 2.64. The van der Waals surface area contributed by atoms with Crippen LogP contribution in [0.4, 0.5) is 11.4 Å². The number of nitrogens with two attached hydrogens (primary N) is 1. The van der Waals surface area contributed by atoms with Gasteiger partial charge in [0.1, 0.15) is 6.04 Å². The predicted octanol–water partition coefficient (Wildman–Crippen LogP) is 1.91. The predicted molar refractivity (Wildman–Crippen MR) is 110 cm³/mol. The highest BCUT2D eigenvalue weighted by atomic mass is 16.2. The van der Waals surface area contributed by atoms with Gasteiger partial charge in [0.25, 0.3) is 5.91 Å². The topological polar surface area (TPSA) is 121 Å². The second kappa shape index (κ2) is 8.34. The van der Waals surface area contributed by atoms with Crippen molar-refractivity contribution in [2.24, 2.45) is 15.7 Å². The Morgan fingerprint density at radius 3 is 2.57 bits per heavy atom. The van der Waals surface area contributed by atoms with Crippen LogP contribution >= 0.6 is 0 Å². The van der Waals surface area contributed by atoms with E-state index in [1.54, 1.807) is 6.07 Å². The highest BCUT2D eigenvalue weighted by Crippen LogP contribution is 2.15. The maximum absolute atomic E-state index is 12.2. The lowest BCUT2D eigenvalue weighted by Gasteiger charge is -2.09. The van der Waals surface area contributed by atoms with Gasteiger partial charge in [0, 0.05) is 11.4 Å². The molecule has 0 aromatic heterocycles. The third-order valence-electron chi connectivity index (χ3n) is 4.16. The summed E-state index contributed by atoms with van der Waals surface area (Å²) in [5.41, 5.74) is 9.40. The summed E-state index contributed by atoms with van der Waals surface area (Å²) >= 11 is 0. The first-order valence-electron chi connectivity index (χ1n) is 8.83. The molecule has 1 aliphatic heterocycles. The lowest BCUT2D eigenvalue weighted by Crippen LogP contribution is -2.32. The SMILES string of the molecule is Cc1ccc(N/C(N)=N/C2=NC(CC(=O)Nc3ccccc3C)C(=O)N2)cc1. The van der Waals surface area contributed by atoms with Crippen molar-refractivity contribution in [1.29, 1.82) is 0 Å². The standard InChI is InChI=1S/C20H22N6O2/c1-12-7-9-14(10-8-12)22-19(21)26-20-24-16(18(28)25-20)11-17(27)23-15-6-4-3-5-13(15)2/h3-10,16H,11H2,1-2H3,(H,23,27)(H4,21,22,24,25,26,28). The van der Waals surface area contributed by atoms with Crippen molar-refractivity contribution in [2.75, 3.05) is 10.6 Å². The quantitative estimate of drug-likeness (QED) is 0.480. The van der Waals surface area contributed by atoms with E-state index in [2.05, 4.69) is 25.9 Å². The van der Waals surface area contributed by atoms with E-state index >= 15 is 0 Å². The number of hydrogen-bond donors (Lipinski definition) is 4. The zero-order valence-electron chi connectivity index (χ0n) is 15.7. The Morgan fingerprint density at radius 1 is 1.14 bits per heavy atom. The molecule has 8 nitrogen and oxygen atoms in total. The van der Waals surface area contributed by atoms with Crippen LogP contribution in [-0.2, 0) is 9.59 Å². The third kappa shape index (κ3) is 4.94. The summed E-state index contributed by atoms with van der Waals surface area (Å²) < 4.78 is 0. The summed E-state index contributed by atoms with van der Waals surface area (Å²) in [5, 5.41) is 8.25. The van der Waals surface area contributed by atoms with Crippen molar-refractivity contribution in [1.82, 2.24) is 5.32 Å². The molecule has 1 heterocycles. The molecule has 0 radical (unpaired) electrons. The number of nitrogens with zero attached hydrogens (tertiary/aromatic N) is 2. The molecule has 2 amide bonds. The number of rotatable bonds is 4. The molecule has 0 bridgehead atoms. The first kappa shape index (κ1) is 19.1. The maximum Gasteiger partial charge on any atom is 0.252 e. The third-order valence-corrected chi connectivity index (χ3v) is 4.16. The van der Waals surface area contributed by atoms with Gasteiger partial charge < -0.3 is 16.4 Å². The fraction of sp³-hybridized carbons (Fsp3) is 0.200. The molecule has 8 heteroatoms. The van der Waals surface area contributed by atoms with Crippen molar-refractivity contribution in [3.8, 4) is 0 Å². The summed E-state index contributed by atoms with van der Waals surface area (Å²) in [4.78, 5) is 32.5. The van der Waals surface area contributed by atoms with Crippen LogP contribution in [0, 0.1) is 13.8 Å². The fourth-order valence-electron chi connectivity index (χ4n) is 2.64. The van der Waals surface area contributed by atoms with E-state index < -0.39 is 6.04 Å². The Bertz CT molecular complexity index is 949. The number of aryl methyl sites for hydroxylation is 2. The molecular weight excluding hydrogens is 356 g/mol. The molecule has 1 aliphatic rings. The van der Waals surface area contributed by atoms with E-state index in [1.807, 2.05) is 56.3 Å². The van der Waals surface area contributed by atoms with Gasteiger partial charge in [0.15, 0.2) is 0 Å². The molecule has 2 aromatic carbocycles. The number of anilines is 2. The van der Waals surface area contributed by atoms with Gasteiger partial charge in [-0.15, -0.1) is 0 Å². The van der Waals surface area contributed by atoms with E-state index in [1.165, 1.54) is 0 Å². The van der Waals surface area contributed by atoms with Gasteiger partial charge in [-0.3, -0.25) is 14.9 Å². The summed E-state index contributed by atoms with van der Waals surface area (Å²) in [6, 6.07) is 14.2. The Balaban J connectivity index is 1.61. The van der Waals surface area contributed by atoms with Gasteiger partial charge in [-0.25, -0.2) is 4.99 Å². The van der Waals surface area contributed by atoms with Crippen LogP contribution in [0.3, 0.4) is 0 Å². The number of hydrogen-bond acceptors (Lipinski definition) is 4. The summed E-state index contributed by atoms with van der Waals surface area (Å²) in [6.45, 7) is 3.88. The summed E-state index contributed by atoms with van der Waals surface area (Å²) in [7, 11) is 0. The van der Waals surface area contributed by atoms with Crippen LogP contribution in [0.25, 0.3) is 0 Å². The van der Waals surface area contributed by atoms with E-state index in [-0.39, 0.29) is 30.2 Å².